The second-order valence-corrected chi connectivity index (χ2v) is 10.9. The smallest absolute Gasteiger partial charge is 0.229 e. The number of rotatable bonds is 4. The molecule has 1 unspecified atom stereocenters. The second kappa shape index (κ2) is 9.06. The number of hydrogen-bond acceptors (Lipinski definition) is 7. The number of piperidine rings is 1. The Morgan fingerprint density at radius 2 is 1.78 bits per heavy atom. The number of anilines is 4. The van der Waals surface area contributed by atoms with Gasteiger partial charge in [-0.3, -0.25) is 19.9 Å². The van der Waals surface area contributed by atoms with E-state index in [9.17, 15) is 4.79 Å². The van der Waals surface area contributed by atoms with Crippen LogP contribution in [0.25, 0.3) is 22.0 Å². The van der Waals surface area contributed by atoms with Crippen LogP contribution in [0.2, 0.25) is 0 Å². The highest BCUT2D eigenvalue weighted by atomic mass is 16.2. The van der Waals surface area contributed by atoms with Crippen LogP contribution in [0.4, 0.5) is 22.7 Å². The van der Waals surface area contributed by atoms with E-state index in [0.717, 1.165) is 57.9 Å². The van der Waals surface area contributed by atoms with E-state index >= 15 is 0 Å². The Balaban J connectivity index is 1.29. The molecular formula is C28H32N8O. The van der Waals surface area contributed by atoms with Crippen molar-refractivity contribution in [1.29, 1.82) is 0 Å². The molecule has 4 aromatic rings. The molecule has 0 saturated carbocycles. The number of nitrogens with zero attached hydrogens (tertiary/aromatic N) is 4. The Hall–Kier alpha value is -4.14. The van der Waals surface area contributed by atoms with Gasteiger partial charge < -0.3 is 20.9 Å². The molecule has 190 valence electrons. The first kappa shape index (κ1) is 23.3. The lowest BCUT2D eigenvalue weighted by molar-refractivity contribution is -0.123. The predicted molar refractivity (Wildman–Crippen MR) is 148 cm³/mol. The Kier molecular flexibility index (Phi) is 5.70. The summed E-state index contributed by atoms with van der Waals surface area (Å²) in [7, 11) is 0. The molecular weight excluding hydrogens is 464 g/mol. The summed E-state index contributed by atoms with van der Waals surface area (Å²) in [5.74, 6) is -0.0459. The molecule has 5 heterocycles. The second-order valence-electron chi connectivity index (χ2n) is 10.9. The third-order valence-corrected chi connectivity index (χ3v) is 7.09. The molecule has 1 saturated heterocycles. The number of pyridine rings is 2. The van der Waals surface area contributed by atoms with Crippen LogP contribution in [0, 0.1) is 5.41 Å². The van der Waals surface area contributed by atoms with Gasteiger partial charge in [0, 0.05) is 35.7 Å². The first-order chi connectivity index (χ1) is 17.9. The number of aromatic nitrogens is 4. The summed E-state index contributed by atoms with van der Waals surface area (Å²) in [5, 5.41) is 19.0. The Morgan fingerprint density at radius 3 is 2.59 bits per heavy atom. The van der Waals surface area contributed by atoms with E-state index in [2.05, 4.69) is 47.1 Å². The summed E-state index contributed by atoms with van der Waals surface area (Å²) in [6.07, 6.45) is 10.9. The van der Waals surface area contributed by atoms with Crippen molar-refractivity contribution < 1.29 is 4.79 Å². The minimum atomic E-state index is -0.483. The highest BCUT2D eigenvalue weighted by Gasteiger charge is 2.29. The van der Waals surface area contributed by atoms with Crippen LogP contribution in [0.3, 0.4) is 0 Å². The number of carbonyl (C=O) groups excluding carboxylic acids is 1. The van der Waals surface area contributed by atoms with Crippen LogP contribution in [0.15, 0.2) is 49.1 Å². The fourth-order valence-corrected chi connectivity index (χ4v) is 4.98. The maximum Gasteiger partial charge on any atom is 0.229 e. The fraction of sp³-hybridized carbons (Fsp3) is 0.357. The molecule has 4 N–H and O–H groups in total. The van der Waals surface area contributed by atoms with Gasteiger partial charge in [0.15, 0.2) is 0 Å². The number of H-pyrrole nitrogens is 1. The summed E-state index contributed by atoms with van der Waals surface area (Å²) < 4.78 is 0. The summed E-state index contributed by atoms with van der Waals surface area (Å²) in [4.78, 5) is 23.8. The number of fused-ring (bicyclic) bond motifs is 2. The van der Waals surface area contributed by atoms with Gasteiger partial charge in [-0.1, -0.05) is 26.8 Å². The highest BCUT2D eigenvalue weighted by molar-refractivity contribution is 5.95. The molecule has 37 heavy (non-hydrogen) atoms. The molecule has 2 aliphatic heterocycles. The van der Waals surface area contributed by atoms with Crippen molar-refractivity contribution in [3.05, 3.63) is 54.7 Å². The lowest BCUT2D eigenvalue weighted by atomic mass is 9.95. The topological polar surface area (TPSA) is 111 Å². The van der Waals surface area contributed by atoms with Crippen molar-refractivity contribution in [2.24, 2.45) is 5.41 Å². The lowest BCUT2D eigenvalue weighted by Gasteiger charge is -2.29. The lowest BCUT2D eigenvalue weighted by Crippen LogP contribution is -2.30. The molecule has 9 nitrogen and oxygen atoms in total. The van der Waals surface area contributed by atoms with E-state index in [1.165, 1.54) is 19.3 Å². The molecule has 0 spiro atoms. The van der Waals surface area contributed by atoms with Crippen LogP contribution in [0.1, 0.15) is 51.9 Å². The van der Waals surface area contributed by atoms with Crippen molar-refractivity contribution >= 4 is 39.6 Å². The zero-order chi connectivity index (χ0) is 25.6. The minimum absolute atomic E-state index is 0.0459. The first-order valence-electron chi connectivity index (χ1n) is 12.9. The van der Waals surface area contributed by atoms with Gasteiger partial charge in [-0.2, -0.15) is 5.10 Å². The molecule has 3 aromatic heterocycles. The van der Waals surface area contributed by atoms with E-state index in [4.69, 9.17) is 0 Å². The number of amides is 1. The third kappa shape index (κ3) is 4.45. The number of aromatic amines is 1. The molecule has 6 rings (SSSR count). The predicted octanol–water partition coefficient (Wildman–Crippen LogP) is 5.53. The van der Waals surface area contributed by atoms with Crippen LogP contribution in [-0.4, -0.2) is 39.2 Å². The van der Waals surface area contributed by atoms with E-state index in [-0.39, 0.29) is 12.1 Å². The fourth-order valence-electron chi connectivity index (χ4n) is 4.98. The van der Waals surface area contributed by atoms with E-state index in [1.54, 1.807) is 6.20 Å². The van der Waals surface area contributed by atoms with Gasteiger partial charge >= 0.3 is 0 Å². The third-order valence-electron chi connectivity index (χ3n) is 7.09. The van der Waals surface area contributed by atoms with Crippen LogP contribution >= 0.6 is 0 Å². The number of carbonyl (C=O) groups is 1. The van der Waals surface area contributed by atoms with Gasteiger partial charge in [0.05, 0.1) is 52.6 Å². The molecule has 1 aromatic carbocycles. The SMILES string of the molecule is CC(C)(C)C(=O)Nc1cncc(-c2ccc3n[nH]c(C4Nc5cncc(N6CCCCC6)c5N4)c3c2)c1. The van der Waals surface area contributed by atoms with Crippen molar-refractivity contribution in [2.75, 3.05) is 33.9 Å². The van der Waals surface area contributed by atoms with Gasteiger partial charge in [-0.25, -0.2) is 0 Å². The maximum absolute atomic E-state index is 12.5. The Labute approximate surface area is 216 Å². The average molecular weight is 497 g/mol. The van der Waals surface area contributed by atoms with Gasteiger partial charge in [0.1, 0.15) is 6.17 Å². The van der Waals surface area contributed by atoms with Crippen molar-refractivity contribution in [1.82, 2.24) is 20.2 Å². The zero-order valence-corrected chi connectivity index (χ0v) is 21.4. The van der Waals surface area contributed by atoms with E-state index < -0.39 is 5.41 Å². The van der Waals surface area contributed by atoms with E-state index in [1.807, 2.05) is 57.6 Å². The number of hydrogen-bond donors (Lipinski definition) is 4. The minimum Gasteiger partial charge on any atom is -0.369 e. The summed E-state index contributed by atoms with van der Waals surface area (Å²) in [5.41, 5.74) is 7.21. The van der Waals surface area contributed by atoms with Crippen molar-refractivity contribution in [2.45, 2.75) is 46.2 Å². The molecule has 0 bridgehead atoms. The Morgan fingerprint density at radius 1 is 0.973 bits per heavy atom. The van der Waals surface area contributed by atoms with Crippen LogP contribution < -0.4 is 20.9 Å². The molecule has 2 aliphatic rings. The standard InChI is InChI=1S/C28H32N8O/c1-28(2,3)27(37)31-19-11-18(13-29-14-19)17-7-8-21-20(12-17)24(35-34-21)26-32-22-15-30-16-23(25(22)33-26)36-9-5-4-6-10-36/h7-8,11-16,26,32-33H,4-6,9-10H2,1-3H3,(H,31,37)(H,34,35). The van der Waals surface area contributed by atoms with E-state index in [0.29, 0.717) is 5.69 Å². The molecule has 0 radical (unpaired) electrons. The number of nitrogens with one attached hydrogen (secondary N) is 4. The Bertz CT molecular complexity index is 1460. The van der Waals surface area contributed by atoms with Crippen molar-refractivity contribution in [3.63, 3.8) is 0 Å². The normalized spacial score (nSPS) is 17.3. The van der Waals surface area contributed by atoms with Gasteiger partial charge in [-0.05, 0) is 43.0 Å². The van der Waals surface area contributed by atoms with Gasteiger partial charge in [0.25, 0.3) is 0 Å². The first-order valence-corrected chi connectivity index (χ1v) is 12.9. The zero-order valence-electron chi connectivity index (χ0n) is 21.4. The van der Waals surface area contributed by atoms with Gasteiger partial charge in [0.2, 0.25) is 5.91 Å². The molecule has 1 fully saturated rings. The van der Waals surface area contributed by atoms with Crippen LogP contribution in [-0.2, 0) is 4.79 Å². The molecule has 1 atom stereocenters. The van der Waals surface area contributed by atoms with Gasteiger partial charge in [-0.15, -0.1) is 0 Å². The quantitative estimate of drug-likeness (QED) is 0.294. The molecule has 9 heteroatoms. The molecule has 0 aliphatic carbocycles. The maximum atomic E-state index is 12.5. The number of benzene rings is 1. The van der Waals surface area contributed by atoms with Crippen molar-refractivity contribution in [3.8, 4) is 11.1 Å². The summed E-state index contributed by atoms with van der Waals surface area (Å²) in [6, 6.07) is 8.11. The van der Waals surface area contributed by atoms with Crippen LogP contribution in [0.5, 0.6) is 0 Å². The molecule has 1 amide bonds. The average Bonchev–Trinajstić information content (AvgIpc) is 3.52. The summed E-state index contributed by atoms with van der Waals surface area (Å²) >= 11 is 0. The highest BCUT2D eigenvalue weighted by Crippen LogP contribution is 2.43. The largest absolute Gasteiger partial charge is 0.369 e. The summed E-state index contributed by atoms with van der Waals surface area (Å²) in [6.45, 7) is 7.79. The monoisotopic (exact) mass is 496 g/mol.